The molecular formula is C24H32N2O3. The Morgan fingerprint density at radius 1 is 1.03 bits per heavy atom. The summed E-state index contributed by atoms with van der Waals surface area (Å²) in [6, 6.07) is 16.7. The zero-order valence-corrected chi connectivity index (χ0v) is 17.9. The Hall–Kier alpha value is -2.82. The fraction of sp³-hybridized carbons (Fsp3) is 0.417. The number of nitrogens with one attached hydrogen (secondary N) is 1. The number of carbonyl (C=O) groups excluding carboxylic acids is 2. The first-order chi connectivity index (χ1) is 13.9. The van der Waals surface area contributed by atoms with Crippen LogP contribution in [0.3, 0.4) is 0 Å². The molecule has 0 saturated carbocycles. The molecule has 2 amide bonds. The molecule has 5 heteroatoms. The molecule has 0 radical (unpaired) electrons. The Labute approximate surface area is 174 Å². The van der Waals surface area contributed by atoms with Crippen molar-refractivity contribution < 1.29 is 14.3 Å². The molecule has 1 atom stereocenters. The quantitative estimate of drug-likeness (QED) is 0.661. The minimum atomic E-state index is -0.540. The number of ether oxygens (including phenoxy) is 1. The summed E-state index contributed by atoms with van der Waals surface area (Å²) in [6.07, 6.45) is 0.535. The molecule has 29 heavy (non-hydrogen) atoms. The van der Waals surface area contributed by atoms with E-state index < -0.39 is 6.04 Å². The van der Waals surface area contributed by atoms with Gasteiger partial charge in [-0.2, -0.15) is 0 Å². The van der Waals surface area contributed by atoms with Crippen molar-refractivity contribution in [3.63, 3.8) is 0 Å². The highest BCUT2D eigenvalue weighted by Crippen LogP contribution is 2.15. The van der Waals surface area contributed by atoms with Crippen LogP contribution in [0.15, 0.2) is 54.6 Å². The second kappa shape index (κ2) is 11.2. The monoisotopic (exact) mass is 396 g/mol. The van der Waals surface area contributed by atoms with Gasteiger partial charge in [-0.25, -0.2) is 0 Å². The molecule has 156 valence electrons. The van der Waals surface area contributed by atoms with Gasteiger partial charge in [0, 0.05) is 13.1 Å². The van der Waals surface area contributed by atoms with Crippen LogP contribution in [0, 0.1) is 12.8 Å². The Bertz CT molecular complexity index is 772. The maximum Gasteiger partial charge on any atom is 0.261 e. The van der Waals surface area contributed by atoms with E-state index in [1.807, 2.05) is 82.3 Å². The molecule has 0 aliphatic rings. The maximum atomic E-state index is 13.1. The smallest absolute Gasteiger partial charge is 0.261 e. The van der Waals surface area contributed by atoms with Crippen molar-refractivity contribution in [2.75, 3.05) is 13.2 Å². The van der Waals surface area contributed by atoms with Gasteiger partial charge in [0.1, 0.15) is 11.8 Å². The topological polar surface area (TPSA) is 58.6 Å². The molecule has 0 bridgehead atoms. The van der Waals surface area contributed by atoms with Gasteiger partial charge >= 0.3 is 0 Å². The Balaban J connectivity index is 2.16. The van der Waals surface area contributed by atoms with Crippen molar-refractivity contribution in [2.24, 2.45) is 5.92 Å². The number of rotatable bonds is 10. The van der Waals surface area contributed by atoms with Crippen molar-refractivity contribution in [1.29, 1.82) is 0 Å². The lowest BCUT2D eigenvalue weighted by molar-refractivity contribution is -0.143. The lowest BCUT2D eigenvalue weighted by atomic mass is 10.1. The first-order valence-corrected chi connectivity index (χ1v) is 10.2. The third-order valence-corrected chi connectivity index (χ3v) is 4.65. The highest BCUT2D eigenvalue weighted by Gasteiger charge is 2.28. The second-order valence-electron chi connectivity index (χ2n) is 7.67. The van der Waals surface area contributed by atoms with Gasteiger partial charge in [-0.05, 0) is 37.0 Å². The van der Waals surface area contributed by atoms with E-state index in [1.165, 1.54) is 0 Å². The van der Waals surface area contributed by atoms with Gasteiger partial charge in [-0.15, -0.1) is 0 Å². The highest BCUT2D eigenvalue weighted by atomic mass is 16.5. The molecule has 1 N–H and O–H groups in total. The summed E-state index contributed by atoms with van der Waals surface area (Å²) in [6.45, 7) is 8.88. The van der Waals surface area contributed by atoms with Crippen molar-refractivity contribution in [3.8, 4) is 5.75 Å². The fourth-order valence-electron chi connectivity index (χ4n) is 2.98. The minimum absolute atomic E-state index is 0.107. The lowest BCUT2D eigenvalue weighted by Gasteiger charge is -2.30. The number of aryl methyl sites for hydroxylation is 1. The van der Waals surface area contributed by atoms with E-state index in [2.05, 4.69) is 5.32 Å². The van der Waals surface area contributed by atoms with Crippen molar-refractivity contribution in [3.05, 3.63) is 65.7 Å². The summed E-state index contributed by atoms with van der Waals surface area (Å²) in [5.41, 5.74) is 2.14. The first kappa shape index (κ1) is 22.5. The molecule has 2 rings (SSSR count). The van der Waals surface area contributed by atoms with Crippen LogP contribution < -0.4 is 10.1 Å². The lowest BCUT2D eigenvalue weighted by Crippen LogP contribution is -2.50. The molecule has 0 spiro atoms. The third kappa shape index (κ3) is 7.26. The van der Waals surface area contributed by atoms with E-state index >= 15 is 0 Å². The van der Waals surface area contributed by atoms with Crippen LogP contribution in [-0.2, 0) is 16.1 Å². The average molecular weight is 397 g/mol. The van der Waals surface area contributed by atoms with E-state index in [-0.39, 0.29) is 18.4 Å². The molecule has 5 nitrogen and oxygen atoms in total. The van der Waals surface area contributed by atoms with E-state index in [0.717, 1.165) is 11.1 Å². The predicted octanol–water partition coefficient (Wildman–Crippen LogP) is 3.95. The number of benzene rings is 2. The van der Waals surface area contributed by atoms with E-state index in [0.29, 0.717) is 31.2 Å². The van der Waals surface area contributed by atoms with Gasteiger partial charge in [-0.1, -0.05) is 68.8 Å². The number of carbonyl (C=O) groups is 2. The number of nitrogens with zero attached hydrogens (tertiary/aromatic N) is 1. The molecule has 0 aromatic heterocycles. The molecule has 2 aromatic carbocycles. The maximum absolute atomic E-state index is 13.1. The third-order valence-electron chi connectivity index (χ3n) is 4.65. The standard InChI is InChI=1S/C24H32N2O3/c1-5-22(24(28)25-15-18(2)3)26(16-20-13-11-19(4)12-14-20)23(27)17-29-21-9-7-6-8-10-21/h6-14,18,22H,5,15-17H2,1-4H3,(H,25,28)/t22-/m0/s1. The predicted molar refractivity (Wildman–Crippen MR) is 116 cm³/mol. The molecule has 0 fully saturated rings. The van der Waals surface area contributed by atoms with Gasteiger partial charge in [0.25, 0.3) is 5.91 Å². The summed E-state index contributed by atoms with van der Waals surface area (Å²) >= 11 is 0. The van der Waals surface area contributed by atoms with Gasteiger partial charge in [0.15, 0.2) is 6.61 Å². The van der Waals surface area contributed by atoms with Crippen molar-refractivity contribution in [1.82, 2.24) is 10.2 Å². The molecular weight excluding hydrogens is 364 g/mol. The molecule has 0 unspecified atom stereocenters. The van der Waals surface area contributed by atoms with Gasteiger partial charge in [-0.3, -0.25) is 9.59 Å². The molecule has 0 aliphatic carbocycles. The normalized spacial score (nSPS) is 11.8. The largest absolute Gasteiger partial charge is 0.484 e. The zero-order valence-electron chi connectivity index (χ0n) is 17.9. The van der Waals surface area contributed by atoms with Gasteiger partial charge in [0.2, 0.25) is 5.91 Å². The molecule has 0 saturated heterocycles. The number of para-hydroxylation sites is 1. The van der Waals surface area contributed by atoms with E-state index in [9.17, 15) is 9.59 Å². The summed E-state index contributed by atoms with van der Waals surface area (Å²) in [5, 5.41) is 2.96. The van der Waals surface area contributed by atoms with Crippen LogP contribution in [0.1, 0.15) is 38.3 Å². The Kier molecular flexibility index (Phi) is 8.71. The van der Waals surface area contributed by atoms with Crippen molar-refractivity contribution >= 4 is 11.8 Å². The van der Waals surface area contributed by atoms with Crippen LogP contribution in [0.2, 0.25) is 0 Å². The number of amides is 2. The second-order valence-corrected chi connectivity index (χ2v) is 7.67. The molecule has 2 aromatic rings. The number of hydrogen-bond acceptors (Lipinski definition) is 3. The Morgan fingerprint density at radius 3 is 2.28 bits per heavy atom. The number of hydrogen-bond donors (Lipinski definition) is 1. The van der Waals surface area contributed by atoms with E-state index in [4.69, 9.17) is 4.74 Å². The van der Waals surface area contributed by atoms with Crippen LogP contribution >= 0.6 is 0 Å². The Morgan fingerprint density at radius 2 is 1.69 bits per heavy atom. The van der Waals surface area contributed by atoms with Crippen LogP contribution in [-0.4, -0.2) is 35.9 Å². The van der Waals surface area contributed by atoms with Crippen LogP contribution in [0.4, 0.5) is 0 Å². The van der Waals surface area contributed by atoms with Gasteiger partial charge in [0.05, 0.1) is 0 Å². The fourth-order valence-corrected chi connectivity index (χ4v) is 2.98. The average Bonchev–Trinajstić information content (AvgIpc) is 2.72. The first-order valence-electron chi connectivity index (χ1n) is 10.2. The SMILES string of the molecule is CC[C@@H](C(=O)NCC(C)C)N(Cc1ccc(C)cc1)C(=O)COc1ccccc1. The zero-order chi connectivity index (χ0) is 21.2. The van der Waals surface area contributed by atoms with E-state index in [1.54, 1.807) is 4.90 Å². The summed E-state index contributed by atoms with van der Waals surface area (Å²) in [4.78, 5) is 27.5. The van der Waals surface area contributed by atoms with Crippen LogP contribution in [0.25, 0.3) is 0 Å². The summed E-state index contributed by atoms with van der Waals surface area (Å²) in [7, 11) is 0. The van der Waals surface area contributed by atoms with Gasteiger partial charge < -0.3 is 15.0 Å². The molecule has 0 heterocycles. The van der Waals surface area contributed by atoms with Crippen molar-refractivity contribution in [2.45, 2.75) is 46.7 Å². The summed E-state index contributed by atoms with van der Waals surface area (Å²) in [5.74, 6) is 0.648. The minimum Gasteiger partial charge on any atom is -0.484 e. The van der Waals surface area contributed by atoms with Crippen LogP contribution in [0.5, 0.6) is 5.75 Å². The molecule has 0 aliphatic heterocycles. The summed E-state index contributed by atoms with van der Waals surface area (Å²) < 4.78 is 5.66. The highest BCUT2D eigenvalue weighted by molar-refractivity contribution is 5.88.